The summed E-state index contributed by atoms with van der Waals surface area (Å²) >= 11 is 0. The summed E-state index contributed by atoms with van der Waals surface area (Å²) in [5.41, 5.74) is 3.89. The van der Waals surface area contributed by atoms with E-state index in [1.165, 1.54) is 17.2 Å². The number of benzene rings is 1. The molecule has 1 heterocycles. The van der Waals surface area contributed by atoms with Crippen LogP contribution in [-0.4, -0.2) is 0 Å². The lowest BCUT2D eigenvalue weighted by Crippen LogP contribution is -1.97. The second-order valence-electron chi connectivity index (χ2n) is 3.62. The highest BCUT2D eigenvalue weighted by Gasteiger charge is 2.05. The smallest absolute Gasteiger partial charge is 0.336 e. The van der Waals surface area contributed by atoms with Gasteiger partial charge in [0.1, 0.15) is 5.58 Å². The molecule has 0 radical (unpaired) electrons. The first kappa shape index (κ1) is 9.00. The molecule has 0 amide bonds. The normalized spacial score (nSPS) is 10.8. The van der Waals surface area contributed by atoms with Crippen LogP contribution in [0, 0.1) is 20.8 Å². The lowest BCUT2D eigenvalue weighted by atomic mass is 10.0. The van der Waals surface area contributed by atoms with E-state index in [0.29, 0.717) is 5.58 Å². The van der Waals surface area contributed by atoms with Gasteiger partial charge < -0.3 is 4.42 Å². The van der Waals surface area contributed by atoms with Gasteiger partial charge >= 0.3 is 5.63 Å². The Balaban J connectivity index is 2.99. The topological polar surface area (TPSA) is 30.2 Å². The maximum atomic E-state index is 11.1. The van der Waals surface area contributed by atoms with E-state index in [-0.39, 0.29) is 5.63 Å². The lowest BCUT2D eigenvalue weighted by Gasteiger charge is -2.06. The van der Waals surface area contributed by atoms with Gasteiger partial charge in [0, 0.05) is 11.5 Å². The summed E-state index contributed by atoms with van der Waals surface area (Å²) in [4.78, 5) is 11.1. The molecule has 0 unspecified atom stereocenters. The number of hydrogen-bond acceptors (Lipinski definition) is 2. The monoisotopic (exact) mass is 188 g/mol. The van der Waals surface area contributed by atoms with Gasteiger partial charge in [-0.3, -0.25) is 0 Å². The Bertz CT molecular complexity index is 550. The fourth-order valence-corrected chi connectivity index (χ4v) is 1.64. The van der Waals surface area contributed by atoms with Crippen LogP contribution >= 0.6 is 0 Å². The standard InChI is InChI=1S/C12H12O2/c1-7-6-10-4-5-11(13)14-12(10)9(3)8(7)2/h4-6H,1-3H3. The van der Waals surface area contributed by atoms with Crippen molar-refractivity contribution < 1.29 is 4.42 Å². The second kappa shape index (κ2) is 2.98. The van der Waals surface area contributed by atoms with Gasteiger partial charge in [0.05, 0.1) is 0 Å². The van der Waals surface area contributed by atoms with Crippen LogP contribution < -0.4 is 5.63 Å². The van der Waals surface area contributed by atoms with E-state index >= 15 is 0 Å². The highest BCUT2D eigenvalue weighted by Crippen LogP contribution is 2.22. The first-order valence-corrected chi connectivity index (χ1v) is 4.60. The van der Waals surface area contributed by atoms with Crippen molar-refractivity contribution in [2.45, 2.75) is 20.8 Å². The van der Waals surface area contributed by atoms with Gasteiger partial charge in [0.2, 0.25) is 0 Å². The van der Waals surface area contributed by atoms with E-state index in [1.54, 1.807) is 6.07 Å². The molecule has 0 aliphatic carbocycles. The van der Waals surface area contributed by atoms with E-state index in [4.69, 9.17) is 4.42 Å². The van der Waals surface area contributed by atoms with Gasteiger partial charge in [-0.15, -0.1) is 0 Å². The van der Waals surface area contributed by atoms with Crippen LogP contribution in [0.5, 0.6) is 0 Å². The van der Waals surface area contributed by atoms with Gasteiger partial charge in [0.25, 0.3) is 0 Å². The minimum atomic E-state index is -0.288. The third-order valence-electron chi connectivity index (χ3n) is 2.73. The molecule has 1 aromatic heterocycles. The molecular formula is C12H12O2. The molecule has 0 N–H and O–H groups in total. The van der Waals surface area contributed by atoms with Crippen LogP contribution in [0.15, 0.2) is 27.4 Å². The van der Waals surface area contributed by atoms with E-state index < -0.39 is 0 Å². The van der Waals surface area contributed by atoms with Crippen molar-refractivity contribution in [1.29, 1.82) is 0 Å². The number of hydrogen-bond donors (Lipinski definition) is 0. The van der Waals surface area contributed by atoms with Crippen molar-refractivity contribution in [2.24, 2.45) is 0 Å². The number of aryl methyl sites for hydroxylation is 2. The highest BCUT2D eigenvalue weighted by molar-refractivity contribution is 5.81. The predicted octanol–water partition coefficient (Wildman–Crippen LogP) is 2.72. The molecule has 0 bridgehead atoms. The Morgan fingerprint density at radius 1 is 1.07 bits per heavy atom. The molecular weight excluding hydrogens is 176 g/mol. The summed E-state index contributed by atoms with van der Waals surface area (Å²) in [5, 5.41) is 0.991. The molecule has 2 aromatic rings. The average Bonchev–Trinajstić information content (AvgIpc) is 2.16. The molecule has 0 saturated heterocycles. The van der Waals surface area contributed by atoms with Crippen LogP contribution in [0.3, 0.4) is 0 Å². The lowest BCUT2D eigenvalue weighted by molar-refractivity contribution is 0.558. The molecule has 2 rings (SSSR count). The number of rotatable bonds is 0. The Morgan fingerprint density at radius 3 is 2.50 bits per heavy atom. The summed E-state index contributed by atoms with van der Waals surface area (Å²) in [6, 6.07) is 5.30. The van der Waals surface area contributed by atoms with Crippen LogP contribution in [0.1, 0.15) is 16.7 Å². The maximum absolute atomic E-state index is 11.1. The van der Waals surface area contributed by atoms with E-state index in [1.807, 2.05) is 19.9 Å². The van der Waals surface area contributed by atoms with Gasteiger partial charge in [-0.2, -0.15) is 0 Å². The van der Waals surface area contributed by atoms with Crippen molar-refractivity contribution in [3.63, 3.8) is 0 Å². The van der Waals surface area contributed by atoms with Crippen molar-refractivity contribution in [3.8, 4) is 0 Å². The molecule has 0 spiro atoms. The quantitative estimate of drug-likeness (QED) is 0.595. The predicted molar refractivity (Wildman–Crippen MR) is 56.7 cm³/mol. The first-order chi connectivity index (χ1) is 6.59. The SMILES string of the molecule is Cc1cc2ccc(=O)oc2c(C)c1C. The maximum Gasteiger partial charge on any atom is 0.336 e. The molecule has 0 fully saturated rings. The van der Waals surface area contributed by atoms with Crippen LogP contribution in [0.4, 0.5) is 0 Å². The van der Waals surface area contributed by atoms with Gasteiger partial charge in [-0.05, 0) is 49.6 Å². The van der Waals surface area contributed by atoms with Crippen LogP contribution in [-0.2, 0) is 0 Å². The Morgan fingerprint density at radius 2 is 1.79 bits per heavy atom. The minimum absolute atomic E-state index is 0.288. The third-order valence-corrected chi connectivity index (χ3v) is 2.73. The van der Waals surface area contributed by atoms with Crippen molar-refractivity contribution in [2.75, 3.05) is 0 Å². The van der Waals surface area contributed by atoms with Gasteiger partial charge in [-0.1, -0.05) is 0 Å². The molecule has 0 aliphatic heterocycles. The van der Waals surface area contributed by atoms with Gasteiger partial charge in [-0.25, -0.2) is 4.79 Å². The molecule has 0 atom stereocenters. The minimum Gasteiger partial charge on any atom is -0.422 e. The number of fused-ring (bicyclic) bond motifs is 1. The molecule has 2 heteroatoms. The fourth-order valence-electron chi connectivity index (χ4n) is 1.64. The second-order valence-corrected chi connectivity index (χ2v) is 3.62. The Hall–Kier alpha value is -1.57. The van der Waals surface area contributed by atoms with Crippen LogP contribution in [0.2, 0.25) is 0 Å². The average molecular weight is 188 g/mol. The highest BCUT2D eigenvalue weighted by atomic mass is 16.4. The van der Waals surface area contributed by atoms with Gasteiger partial charge in [0.15, 0.2) is 0 Å². The van der Waals surface area contributed by atoms with Crippen molar-refractivity contribution >= 4 is 11.0 Å². The first-order valence-electron chi connectivity index (χ1n) is 4.60. The largest absolute Gasteiger partial charge is 0.422 e. The molecule has 0 saturated carbocycles. The summed E-state index contributed by atoms with van der Waals surface area (Å²) in [6.45, 7) is 6.08. The summed E-state index contributed by atoms with van der Waals surface area (Å²) in [5.74, 6) is 0. The summed E-state index contributed by atoms with van der Waals surface area (Å²) in [6.07, 6.45) is 0. The summed E-state index contributed by atoms with van der Waals surface area (Å²) < 4.78 is 5.17. The Kier molecular flexibility index (Phi) is 1.92. The third kappa shape index (κ3) is 1.23. The van der Waals surface area contributed by atoms with Crippen LogP contribution in [0.25, 0.3) is 11.0 Å². The van der Waals surface area contributed by atoms with E-state index in [9.17, 15) is 4.79 Å². The molecule has 72 valence electrons. The van der Waals surface area contributed by atoms with E-state index in [2.05, 4.69) is 6.92 Å². The fraction of sp³-hybridized carbons (Fsp3) is 0.250. The van der Waals surface area contributed by atoms with Crippen molar-refractivity contribution in [3.05, 3.63) is 45.3 Å². The summed E-state index contributed by atoms with van der Waals surface area (Å²) in [7, 11) is 0. The molecule has 1 aromatic carbocycles. The van der Waals surface area contributed by atoms with E-state index in [0.717, 1.165) is 10.9 Å². The Labute approximate surface area is 82.2 Å². The van der Waals surface area contributed by atoms with Crippen molar-refractivity contribution in [1.82, 2.24) is 0 Å². The zero-order chi connectivity index (χ0) is 10.3. The zero-order valence-corrected chi connectivity index (χ0v) is 8.55. The molecule has 0 aliphatic rings. The zero-order valence-electron chi connectivity index (χ0n) is 8.55. The molecule has 14 heavy (non-hydrogen) atoms. The molecule has 2 nitrogen and oxygen atoms in total.